The first-order valence-electron chi connectivity index (χ1n) is 7.41. The average Bonchev–Trinajstić information content (AvgIpc) is 2.94. The lowest BCUT2D eigenvalue weighted by molar-refractivity contribution is -0.137. The fourth-order valence-corrected chi connectivity index (χ4v) is 4.29. The number of rotatable bonds is 2. The molecule has 1 saturated heterocycles. The molecule has 1 unspecified atom stereocenters. The van der Waals surface area contributed by atoms with E-state index in [1.54, 1.807) is 0 Å². The normalized spacial score (nSPS) is 27.1. The van der Waals surface area contributed by atoms with Crippen LogP contribution < -0.4 is 5.32 Å². The fraction of sp³-hybridized carbons (Fsp3) is 0.667. The summed E-state index contributed by atoms with van der Waals surface area (Å²) in [5.74, 6) is 0.323. The Labute approximate surface area is 119 Å². The summed E-state index contributed by atoms with van der Waals surface area (Å²) in [6.45, 7) is 4.07. The van der Waals surface area contributed by atoms with Crippen molar-refractivity contribution in [3.8, 4) is 0 Å². The van der Waals surface area contributed by atoms with Crippen LogP contribution in [0.15, 0.2) is 11.4 Å². The SMILES string of the molecule is CCC1c2ccsc2CCN1C(=O)[C@H]1CCCCN1. The summed E-state index contributed by atoms with van der Waals surface area (Å²) < 4.78 is 0. The molecule has 2 aliphatic rings. The first kappa shape index (κ1) is 13.1. The van der Waals surface area contributed by atoms with Crippen molar-refractivity contribution in [2.45, 2.75) is 51.1 Å². The zero-order valence-corrected chi connectivity index (χ0v) is 12.3. The third-order valence-corrected chi connectivity index (χ3v) is 5.37. The molecule has 0 radical (unpaired) electrons. The van der Waals surface area contributed by atoms with Gasteiger partial charge in [-0.05, 0) is 49.2 Å². The van der Waals surface area contributed by atoms with Crippen LogP contribution in [0.25, 0.3) is 0 Å². The molecule has 3 rings (SSSR count). The Morgan fingerprint density at radius 3 is 3.16 bits per heavy atom. The molecule has 19 heavy (non-hydrogen) atoms. The van der Waals surface area contributed by atoms with Gasteiger partial charge < -0.3 is 10.2 Å². The predicted molar refractivity (Wildman–Crippen MR) is 78.4 cm³/mol. The van der Waals surface area contributed by atoms with Crippen molar-refractivity contribution in [3.05, 3.63) is 21.9 Å². The fourth-order valence-electron chi connectivity index (χ4n) is 3.36. The van der Waals surface area contributed by atoms with Gasteiger partial charge in [-0.3, -0.25) is 4.79 Å². The largest absolute Gasteiger partial charge is 0.334 e. The maximum atomic E-state index is 12.7. The second-order valence-corrected chi connectivity index (χ2v) is 6.51. The Morgan fingerprint density at radius 2 is 2.42 bits per heavy atom. The topological polar surface area (TPSA) is 32.3 Å². The van der Waals surface area contributed by atoms with Gasteiger partial charge >= 0.3 is 0 Å². The van der Waals surface area contributed by atoms with E-state index in [1.807, 2.05) is 11.3 Å². The van der Waals surface area contributed by atoms with E-state index in [0.717, 1.165) is 32.4 Å². The molecule has 3 nitrogen and oxygen atoms in total. The lowest BCUT2D eigenvalue weighted by atomic mass is 9.95. The van der Waals surface area contributed by atoms with E-state index >= 15 is 0 Å². The lowest BCUT2D eigenvalue weighted by Crippen LogP contribution is -2.51. The van der Waals surface area contributed by atoms with Crippen molar-refractivity contribution in [2.24, 2.45) is 0 Å². The van der Waals surface area contributed by atoms with Crippen LogP contribution in [0.1, 0.15) is 49.1 Å². The molecule has 0 spiro atoms. The van der Waals surface area contributed by atoms with Crippen LogP contribution in [0.5, 0.6) is 0 Å². The van der Waals surface area contributed by atoms with E-state index in [1.165, 1.54) is 23.3 Å². The van der Waals surface area contributed by atoms with Crippen LogP contribution >= 0.6 is 11.3 Å². The summed E-state index contributed by atoms with van der Waals surface area (Å²) in [6.07, 6.45) is 5.43. The molecule has 1 aromatic heterocycles. The standard InChI is InChI=1S/C15H22N2OS/c1-2-13-11-7-10-19-14(11)6-9-17(13)15(18)12-5-3-4-8-16-12/h7,10,12-13,16H,2-6,8-9H2,1H3/t12-,13?/m1/s1. The summed E-state index contributed by atoms with van der Waals surface area (Å²) in [5, 5.41) is 5.56. The van der Waals surface area contributed by atoms with Crippen molar-refractivity contribution in [1.82, 2.24) is 10.2 Å². The Morgan fingerprint density at radius 1 is 1.53 bits per heavy atom. The minimum absolute atomic E-state index is 0.0583. The molecule has 104 valence electrons. The molecule has 4 heteroatoms. The zero-order valence-electron chi connectivity index (χ0n) is 11.5. The second kappa shape index (κ2) is 5.63. The van der Waals surface area contributed by atoms with Crippen LogP contribution in [0.3, 0.4) is 0 Å². The lowest BCUT2D eigenvalue weighted by Gasteiger charge is -2.38. The summed E-state index contributed by atoms with van der Waals surface area (Å²) in [4.78, 5) is 16.3. The highest BCUT2D eigenvalue weighted by atomic mass is 32.1. The highest BCUT2D eigenvalue weighted by Crippen LogP contribution is 2.35. The maximum Gasteiger partial charge on any atom is 0.240 e. The van der Waals surface area contributed by atoms with Gasteiger partial charge in [-0.15, -0.1) is 11.3 Å². The zero-order chi connectivity index (χ0) is 13.2. The van der Waals surface area contributed by atoms with Crippen LogP contribution in [-0.4, -0.2) is 29.9 Å². The van der Waals surface area contributed by atoms with Gasteiger partial charge in [-0.25, -0.2) is 0 Å². The van der Waals surface area contributed by atoms with Crippen molar-refractivity contribution in [2.75, 3.05) is 13.1 Å². The average molecular weight is 278 g/mol. The molecule has 2 aliphatic heterocycles. The number of carbonyl (C=O) groups is 1. The van der Waals surface area contributed by atoms with Gasteiger partial charge in [0, 0.05) is 11.4 Å². The minimum atomic E-state index is 0.0583. The van der Waals surface area contributed by atoms with E-state index in [2.05, 4.69) is 28.6 Å². The van der Waals surface area contributed by atoms with Crippen LogP contribution in [0.4, 0.5) is 0 Å². The smallest absolute Gasteiger partial charge is 0.240 e. The minimum Gasteiger partial charge on any atom is -0.334 e. The molecule has 0 aliphatic carbocycles. The Balaban J connectivity index is 1.78. The monoisotopic (exact) mass is 278 g/mol. The summed E-state index contributed by atoms with van der Waals surface area (Å²) in [7, 11) is 0. The number of thiophene rings is 1. The van der Waals surface area contributed by atoms with Crippen molar-refractivity contribution < 1.29 is 4.79 Å². The number of nitrogens with one attached hydrogen (secondary N) is 1. The van der Waals surface area contributed by atoms with Gasteiger partial charge in [0.05, 0.1) is 12.1 Å². The number of amides is 1. The van der Waals surface area contributed by atoms with Crippen LogP contribution in [0.2, 0.25) is 0 Å². The molecule has 0 saturated carbocycles. The van der Waals surface area contributed by atoms with Crippen molar-refractivity contribution >= 4 is 17.2 Å². The van der Waals surface area contributed by atoms with E-state index in [9.17, 15) is 4.79 Å². The van der Waals surface area contributed by atoms with Gasteiger partial charge in [0.2, 0.25) is 5.91 Å². The van der Waals surface area contributed by atoms with Crippen LogP contribution in [0, 0.1) is 0 Å². The highest BCUT2D eigenvalue weighted by Gasteiger charge is 2.34. The van der Waals surface area contributed by atoms with Gasteiger partial charge in [-0.1, -0.05) is 13.3 Å². The molecule has 0 aromatic carbocycles. The number of fused-ring (bicyclic) bond motifs is 1. The van der Waals surface area contributed by atoms with Gasteiger partial charge in [0.15, 0.2) is 0 Å². The number of carbonyl (C=O) groups excluding carboxylic acids is 1. The van der Waals surface area contributed by atoms with Crippen molar-refractivity contribution in [3.63, 3.8) is 0 Å². The Bertz CT molecular complexity index is 451. The first-order valence-corrected chi connectivity index (χ1v) is 8.29. The molecule has 1 amide bonds. The van der Waals surface area contributed by atoms with E-state index < -0.39 is 0 Å². The maximum absolute atomic E-state index is 12.7. The molecular weight excluding hydrogens is 256 g/mol. The van der Waals surface area contributed by atoms with Gasteiger partial charge in [-0.2, -0.15) is 0 Å². The van der Waals surface area contributed by atoms with Crippen LogP contribution in [-0.2, 0) is 11.2 Å². The first-order chi connectivity index (χ1) is 9.31. The van der Waals surface area contributed by atoms with E-state index in [0.29, 0.717) is 11.9 Å². The Kier molecular flexibility index (Phi) is 3.89. The third-order valence-electron chi connectivity index (χ3n) is 4.37. The van der Waals surface area contributed by atoms with Crippen molar-refractivity contribution in [1.29, 1.82) is 0 Å². The van der Waals surface area contributed by atoms with E-state index in [-0.39, 0.29) is 6.04 Å². The van der Waals surface area contributed by atoms with Gasteiger partial charge in [0.1, 0.15) is 0 Å². The molecule has 1 N–H and O–H groups in total. The van der Waals surface area contributed by atoms with E-state index in [4.69, 9.17) is 0 Å². The highest BCUT2D eigenvalue weighted by molar-refractivity contribution is 7.10. The molecular formula is C15H22N2OS. The molecule has 1 fully saturated rings. The molecule has 3 heterocycles. The number of nitrogens with zero attached hydrogens (tertiary/aromatic N) is 1. The summed E-state index contributed by atoms with van der Waals surface area (Å²) in [5.41, 5.74) is 1.39. The molecule has 2 atom stereocenters. The number of hydrogen-bond donors (Lipinski definition) is 1. The molecule has 0 bridgehead atoms. The Hall–Kier alpha value is -0.870. The predicted octanol–water partition coefficient (Wildman–Crippen LogP) is 2.73. The molecule has 1 aromatic rings. The summed E-state index contributed by atoms with van der Waals surface area (Å²) in [6, 6.07) is 2.57. The number of hydrogen-bond acceptors (Lipinski definition) is 3. The summed E-state index contributed by atoms with van der Waals surface area (Å²) >= 11 is 1.84. The quantitative estimate of drug-likeness (QED) is 0.902. The number of piperidine rings is 1. The third kappa shape index (κ3) is 2.43. The van der Waals surface area contributed by atoms with Gasteiger partial charge in [0.25, 0.3) is 0 Å². The second-order valence-electron chi connectivity index (χ2n) is 5.51.